The molecule has 90 valence electrons. The van der Waals surface area contributed by atoms with Crippen molar-refractivity contribution in [3.8, 4) is 0 Å². The van der Waals surface area contributed by atoms with E-state index in [1.807, 2.05) is 0 Å². The van der Waals surface area contributed by atoms with Crippen molar-refractivity contribution < 1.29 is 13.5 Å². The monoisotopic (exact) mass is 236 g/mol. The largest absolute Gasteiger partial charge is 0.389 e. The smallest absolute Gasteiger partial charge is 0.152 e. The van der Waals surface area contributed by atoms with Crippen molar-refractivity contribution in [2.75, 3.05) is 37.7 Å². The van der Waals surface area contributed by atoms with Crippen LogP contribution >= 0.6 is 0 Å². The average Bonchev–Trinajstić information content (AvgIpc) is 2.16. The Balaban J connectivity index is 2.31. The summed E-state index contributed by atoms with van der Waals surface area (Å²) in [4.78, 5) is 2.06. The summed E-state index contributed by atoms with van der Waals surface area (Å²) in [7, 11) is -2.80. The molecule has 0 amide bonds. The summed E-state index contributed by atoms with van der Waals surface area (Å²) in [6.07, 6.45) is 0.587. The zero-order chi connectivity index (χ0) is 11.5. The first-order valence-corrected chi connectivity index (χ1v) is 7.02. The third-order valence-corrected chi connectivity index (χ3v) is 4.45. The maximum Gasteiger partial charge on any atom is 0.152 e. The van der Waals surface area contributed by atoms with Crippen LogP contribution in [0.25, 0.3) is 0 Å². The molecule has 1 rings (SSSR count). The number of hydrogen-bond donors (Lipinski definition) is 2. The minimum atomic E-state index is -2.80. The summed E-state index contributed by atoms with van der Waals surface area (Å²) in [5.74, 6) is 0.468. The highest BCUT2D eigenvalue weighted by atomic mass is 32.2. The van der Waals surface area contributed by atoms with Gasteiger partial charge in [-0.05, 0) is 13.3 Å². The van der Waals surface area contributed by atoms with Gasteiger partial charge in [-0.1, -0.05) is 0 Å². The maximum absolute atomic E-state index is 11.2. The van der Waals surface area contributed by atoms with Gasteiger partial charge in [-0.15, -0.1) is 0 Å². The van der Waals surface area contributed by atoms with Gasteiger partial charge in [0.2, 0.25) is 0 Å². The summed E-state index contributed by atoms with van der Waals surface area (Å²) in [5.41, 5.74) is 4.56. The van der Waals surface area contributed by atoms with E-state index in [-0.39, 0.29) is 18.1 Å². The van der Waals surface area contributed by atoms with Gasteiger partial charge in [-0.3, -0.25) is 0 Å². The first-order chi connectivity index (χ1) is 6.85. The van der Waals surface area contributed by atoms with E-state index in [4.69, 9.17) is 5.73 Å². The molecule has 1 unspecified atom stereocenters. The van der Waals surface area contributed by atoms with Gasteiger partial charge in [0.15, 0.2) is 9.84 Å². The number of hydrogen-bond acceptors (Lipinski definition) is 5. The summed E-state index contributed by atoms with van der Waals surface area (Å²) in [5, 5.41) is 9.69. The minimum absolute atomic E-state index is 0.234. The number of sulfone groups is 1. The Hall–Kier alpha value is -0.170. The van der Waals surface area contributed by atoms with Crippen LogP contribution in [0, 0.1) is 0 Å². The van der Waals surface area contributed by atoms with E-state index < -0.39 is 15.4 Å². The fourth-order valence-corrected chi connectivity index (χ4v) is 2.75. The standard InChI is InChI=1S/C9H20N2O3S/c1-9(12,8-10)2-3-11-4-6-15(13,14)7-5-11/h12H,2-8,10H2,1H3. The molecule has 0 bridgehead atoms. The lowest BCUT2D eigenvalue weighted by Crippen LogP contribution is -2.44. The quantitative estimate of drug-likeness (QED) is 0.642. The number of nitrogens with zero attached hydrogens (tertiary/aromatic N) is 1. The molecular formula is C9H20N2O3S. The Bertz CT molecular complexity index is 286. The van der Waals surface area contributed by atoms with Crippen LogP contribution in [-0.4, -0.2) is 61.7 Å². The SMILES string of the molecule is CC(O)(CN)CCN1CCS(=O)(=O)CC1. The van der Waals surface area contributed by atoms with Crippen molar-refractivity contribution in [3.63, 3.8) is 0 Å². The van der Waals surface area contributed by atoms with Crippen molar-refractivity contribution in [3.05, 3.63) is 0 Å². The maximum atomic E-state index is 11.2. The summed E-state index contributed by atoms with van der Waals surface area (Å²) in [6, 6.07) is 0. The van der Waals surface area contributed by atoms with Gasteiger partial charge in [0.25, 0.3) is 0 Å². The van der Waals surface area contributed by atoms with E-state index in [0.29, 0.717) is 26.1 Å². The highest BCUT2D eigenvalue weighted by Gasteiger charge is 2.24. The number of aliphatic hydroxyl groups is 1. The molecule has 15 heavy (non-hydrogen) atoms. The molecule has 0 radical (unpaired) electrons. The molecule has 0 aromatic carbocycles. The van der Waals surface area contributed by atoms with Crippen molar-refractivity contribution in [2.24, 2.45) is 5.73 Å². The molecule has 1 atom stereocenters. The topological polar surface area (TPSA) is 83.6 Å². The molecule has 1 aliphatic heterocycles. The van der Waals surface area contributed by atoms with Crippen LogP contribution in [0.3, 0.4) is 0 Å². The van der Waals surface area contributed by atoms with Gasteiger partial charge in [0.1, 0.15) is 0 Å². The fraction of sp³-hybridized carbons (Fsp3) is 1.00. The molecule has 0 aromatic heterocycles. The van der Waals surface area contributed by atoms with E-state index in [0.717, 1.165) is 0 Å². The van der Waals surface area contributed by atoms with Crippen molar-refractivity contribution >= 4 is 9.84 Å². The molecule has 6 heteroatoms. The molecule has 1 heterocycles. The fourth-order valence-electron chi connectivity index (χ4n) is 1.47. The van der Waals surface area contributed by atoms with Crippen LogP contribution in [0.5, 0.6) is 0 Å². The second-order valence-corrected chi connectivity index (χ2v) is 6.75. The van der Waals surface area contributed by atoms with Crippen LogP contribution in [0.2, 0.25) is 0 Å². The van der Waals surface area contributed by atoms with Crippen molar-refractivity contribution in [2.45, 2.75) is 18.9 Å². The lowest BCUT2D eigenvalue weighted by molar-refractivity contribution is 0.0487. The Morgan fingerprint density at radius 1 is 1.40 bits per heavy atom. The Kier molecular flexibility index (Phi) is 4.11. The minimum Gasteiger partial charge on any atom is -0.389 e. The second kappa shape index (κ2) is 4.78. The van der Waals surface area contributed by atoms with Crippen LogP contribution in [0.1, 0.15) is 13.3 Å². The third kappa shape index (κ3) is 4.46. The van der Waals surface area contributed by atoms with E-state index in [9.17, 15) is 13.5 Å². The lowest BCUT2D eigenvalue weighted by Gasteiger charge is -2.29. The zero-order valence-corrected chi connectivity index (χ0v) is 9.96. The molecular weight excluding hydrogens is 216 g/mol. The lowest BCUT2D eigenvalue weighted by atomic mass is 10.0. The molecule has 0 spiro atoms. The van der Waals surface area contributed by atoms with Gasteiger partial charge < -0.3 is 15.7 Å². The van der Waals surface area contributed by atoms with Crippen LogP contribution < -0.4 is 5.73 Å². The summed E-state index contributed by atoms with van der Waals surface area (Å²) in [6.45, 7) is 3.79. The predicted molar refractivity (Wildman–Crippen MR) is 59.4 cm³/mol. The van der Waals surface area contributed by atoms with E-state index in [1.54, 1.807) is 6.92 Å². The van der Waals surface area contributed by atoms with Gasteiger partial charge in [0, 0.05) is 26.2 Å². The Morgan fingerprint density at radius 3 is 2.40 bits per heavy atom. The predicted octanol–water partition coefficient (Wildman–Crippen LogP) is -1.18. The first kappa shape index (κ1) is 12.9. The van der Waals surface area contributed by atoms with Crippen LogP contribution in [0.4, 0.5) is 0 Å². The highest BCUT2D eigenvalue weighted by Crippen LogP contribution is 2.10. The molecule has 1 fully saturated rings. The molecule has 5 nitrogen and oxygen atoms in total. The molecule has 0 aromatic rings. The summed E-state index contributed by atoms with van der Waals surface area (Å²) < 4.78 is 22.3. The van der Waals surface area contributed by atoms with Crippen LogP contribution in [0.15, 0.2) is 0 Å². The normalized spacial score (nSPS) is 26.1. The van der Waals surface area contributed by atoms with E-state index >= 15 is 0 Å². The van der Waals surface area contributed by atoms with Gasteiger partial charge in [-0.2, -0.15) is 0 Å². The zero-order valence-electron chi connectivity index (χ0n) is 9.15. The molecule has 0 saturated carbocycles. The molecule has 1 aliphatic rings. The van der Waals surface area contributed by atoms with Crippen molar-refractivity contribution in [1.29, 1.82) is 0 Å². The van der Waals surface area contributed by atoms with E-state index in [2.05, 4.69) is 4.90 Å². The first-order valence-electron chi connectivity index (χ1n) is 5.20. The molecule has 1 saturated heterocycles. The van der Waals surface area contributed by atoms with Crippen LogP contribution in [-0.2, 0) is 9.84 Å². The average molecular weight is 236 g/mol. The van der Waals surface area contributed by atoms with Gasteiger partial charge in [-0.25, -0.2) is 8.42 Å². The van der Waals surface area contributed by atoms with E-state index in [1.165, 1.54) is 0 Å². The number of rotatable bonds is 4. The molecule has 3 N–H and O–H groups in total. The highest BCUT2D eigenvalue weighted by molar-refractivity contribution is 7.91. The van der Waals surface area contributed by atoms with Gasteiger partial charge in [0.05, 0.1) is 17.1 Å². The Labute approximate surface area is 91.2 Å². The van der Waals surface area contributed by atoms with Crippen molar-refractivity contribution in [1.82, 2.24) is 4.90 Å². The molecule has 0 aliphatic carbocycles. The summed E-state index contributed by atoms with van der Waals surface area (Å²) >= 11 is 0. The second-order valence-electron chi connectivity index (χ2n) is 4.44. The number of nitrogens with two attached hydrogens (primary N) is 1. The Morgan fingerprint density at radius 2 is 1.93 bits per heavy atom. The van der Waals surface area contributed by atoms with Gasteiger partial charge >= 0.3 is 0 Å². The third-order valence-electron chi connectivity index (χ3n) is 2.84.